The van der Waals surface area contributed by atoms with E-state index in [2.05, 4.69) is 11.7 Å². The highest BCUT2D eigenvalue weighted by Crippen LogP contribution is 2.01. The molecule has 0 radical (unpaired) electrons. The molecular formula is C12H24O3Si. The van der Waals surface area contributed by atoms with Gasteiger partial charge in [0, 0.05) is 12.2 Å². The van der Waals surface area contributed by atoms with Gasteiger partial charge in [0.2, 0.25) is 0 Å². The predicted molar refractivity (Wildman–Crippen MR) is 69.2 cm³/mol. The molecule has 1 aliphatic rings. The van der Waals surface area contributed by atoms with E-state index in [1.54, 1.807) is 6.92 Å². The van der Waals surface area contributed by atoms with Crippen LogP contribution < -0.4 is 0 Å². The molecule has 1 fully saturated rings. The van der Waals surface area contributed by atoms with E-state index >= 15 is 0 Å². The van der Waals surface area contributed by atoms with E-state index in [1.165, 1.54) is 26.0 Å². The monoisotopic (exact) mass is 244 g/mol. The van der Waals surface area contributed by atoms with Crippen molar-refractivity contribution in [3.63, 3.8) is 0 Å². The molecular weight excluding hydrogens is 220 g/mol. The summed E-state index contributed by atoms with van der Waals surface area (Å²) in [4.78, 5) is 10.7. The number of carbonyl (C=O) groups excluding carboxylic acids is 1. The summed E-state index contributed by atoms with van der Waals surface area (Å²) in [5.41, 5.74) is 0.698. The first-order valence-corrected chi connectivity index (χ1v) is 7.63. The van der Waals surface area contributed by atoms with Crippen molar-refractivity contribution in [3.05, 3.63) is 11.6 Å². The Hall–Kier alpha value is -0.613. The molecule has 4 heteroatoms. The van der Waals surface area contributed by atoms with Crippen LogP contribution in [0.5, 0.6) is 0 Å². The molecule has 1 saturated heterocycles. The lowest BCUT2D eigenvalue weighted by Gasteiger charge is -2.07. The maximum atomic E-state index is 10.7. The van der Waals surface area contributed by atoms with Crippen LogP contribution in [-0.4, -0.2) is 29.4 Å². The number of rotatable bonds is 3. The normalized spacial score (nSPS) is 17.6. The Kier molecular flexibility index (Phi) is 10.5. The summed E-state index contributed by atoms with van der Waals surface area (Å²) in [5, 5.41) is 0. The predicted octanol–water partition coefficient (Wildman–Crippen LogP) is 2.20. The molecule has 94 valence electrons. The second-order valence-electron chi connectivity index (χ2n) is 3.84. The maximum Gasteiger partial charge on any atom is 0.333 e. The lowest BCUT2D eigenvalue weighted by Crippen LogP contribution is -2.06. The van der Waals surface area contributed by atoms with Crippen molar-refractivity contribution in [2.45, 2.75) is 45.6 Å². The Balaban J connectivity index is 0.000000315. The molecule has 0 bridgehead atoms. The van der Waals surface area contributed by atoms with Gasteiger partial charge in [-0.05, 0) is 25.8 Å². The van der Waals surface area contributed by atoms with Crippen molar-refractivity contribution in [3.8, 4) is 0 Å². The fourth-order valence-electron chi connectivity index (χ4n) is 1.29. The molecule has 0 aliphatic carbocycles. The lowest BCUT2D eigenvalue weighted by atomic mass is 10.2. The molecule has 0 aromatic heterocycles. The van der Waals surface area contributed by atoms with Crippen LogP contribution in [0.15, 0.2) is 11.6 Å². The number of methoxy groups -OCH3 is 1. The van der Waals surface area contributed by atoms with Crippen molar-refractivity contribution in [1.82, 2.24) is 0 Å². The third kappa shape index (κ3) is 8.68. The van der Waals surface area contributed by atoms with Crippen LogP contribution in [-0.2, 0) is 14.0 Å². The van der Waals surface area contributed by atoms with Crippen LogP contribution in [0.3, 0.4) is 0 Å². The molecule has 0 spiro atoms. The molecule has 16 heavy (non-hydrogen) atoms. The summed E-state index contributed by atoms with van der Waals surface area (Å²) < 4.78 is 9.71. The van der Waals surface area contributed by atoms with Gasteiger partial charge in [0.25, 0.3) is 0 Å². The number of allylic oxidation sites excluding steroid dienone is 1. The van der Waals surface area contributed by atoms with Crippen molar-refractivity contribution < 1.29 is 14.0 Å². The first-order valence-electron chi connectivity index (χ1n) is 6.05. The van der Waals surface area contributed by atoms with E-state index in [0.29, 0.717) is 5.57 Å². The summed E-state index contributed by atoms with van der Waals surface area (Å²) in [5.74, 6) is -0.228. The largest absolute Gasteiger partial charge is 0.466 e. The third-order valence-corrected chi connectivity index (χ3v) is 3.69. The van der Waals surface area contributed by atoms with Gasteiger partial charge in [0.1, 0.15) is 0 Å². The van der Waals surface area contributed by atoms with E-state index in [0.717, 1.165) is 19.4 Å². The van der Waals surface area contributed by atoms with Gasteiger partial charge in [0.15, 0.2) is 9.76 Å². The van der Waals surface area contributed by atoms with Gasteiger partial charge in [-0.1, -0.05) is 25.8 Å². The van der Waals surface area contributed by atoms with E-state index in [-0.39, 0.29) is 15.7 Å². The molecule has 0 atom stereocenters. The first kappa shape index (κ1) is 15.4. The van der Waals surface area contributed by atoms with Gasteiger partial charge in [0.05, 0.1) is 7.11 Å². The molecule has 1 heterocycles. The SMILES string of the molecule is C1CC[SiH2]OC1.CCC/C=C(\C)C(=O)OC. The van der Waals surface area contributed by atoms with Crippen LogP contribution >= 0.6 is 0 Å². The molecule has 1 aliphatic heterocycles. The smallest absolute Gasteiger partial charge is 0.333 e. The number of hydrogen-bond acceptors (Lipinski definition) is 3. The maximum absolute atomic E-state index is 10.7. The van der Waals surface area contributed by atoms with Crippen LogP contribution in [0.25, 0.3) is 0 Å². The Morgan fingerprint density at radius 1 is 1.50 bits per heavy atom. The minimum atomic E-state index is -0.228. The molecule has 3 nitrogen and oxygen atoms in total. The second-order valence-corrected chi connectivity index (χ2v) is 5.36. The Labute approximate surface area is 101 Å². The standard InChI is InChI=1S/C8H14O2.C4H10OSi/c1-4-5-6-7(2)8(9)10-3;1-2-4-6-5-3-1/h6H,4-5H2,1-3H3;1-4,6H2/b7-6+;. The van der Waals surface area contributed by atoms with Crippen molar-refractivity contribution in [2.24, 2.45) is 0 Å². The van der Waals surface area contributed by atoms with Crippen molar-refractivity contribution in [2.75, 3.05) is 13.7 Å². The average Bonchev–Trinajstić information content (AvgIpc) is 2.37. The third-order valence-electron chi connectivity index (χ3n) is 2.32. The zero-order valence-electron chi connectivity index (χ0n) is 10.8. The lowest BCUT2D eigenvalue weighted by molar-refractivity contribution is -0.136. The summed E-state index contributed by atoms with van der Waals surface area (Å²) in [7, 11) is 1.40. The molecule has 0 amide bonds. The number of ether oxygens (including phenoxy) is 1. The Morgan fingerprint density at radius 3 is 2.56 bits per heavy atom. The highest BCUT2D eigenvalue weighted by atomic mass is 28.2. The van der Waals surface area contributed by atoms with Crippen LogP contribution in [0.4, 0.5) is 0 Å². The van der Waals surface area contributed by atoms with Gasteiger partial charge in [-0.25, -0.2) is 4.79 Å². The van der Waals surface area contributed by atoms with Crippen LogP contribution in [0.2, 0.25) is 6.04 Å². The van der Waals surface area contributed by atoms with E-state index < -0.39 is 0 Å². The number of esters is 1. The summed E-state index contributed by atoms with van der Waals surface area (Å²) >= 11 is 0. The zero-order valence-corrected chi connectivity index (χ0v) is 12.2. The highest BCUT2D eigenvalue weighted by Gasteiger charge is 2.00. The number of carbonyl (C=O) groups is 1. The topological polar surface area (TPSA) is 35.5 Å². The first-order chi connectivity index (χ1) is 7.72. The van der Waals surface area contributed by atoms with Gasteiger partial charge in [-0.15, -0.1) is 0 Å². The molecule has 0 N–H and O–H groups in total. The molecule has 0 unspecified atom stereocenters. The van der Waals surface area contributed by atoms with E-state index in [9.17, 15) is 4.79 Å². The van der Waals surface area contributed by atoms with Gasteiger partial charge in [-0.3, -0.25) is 0 Å². The van der Waals surface area contributed by atoms with Crippen LogP contribution in [0, 0.1) is 0 Å². The molecule has 1 rings (SSSR count). The van der Waals surface area contributed by atoms with E-state index in [1.807, 2.05) is 6.08 Å². The highest BCUT2D eigenvalue weighted by molar-refractivity contribution is 6.27. The van der Waals surface area contributed by atoms with Crippen LogP contribution in [0.1, 0.15) is 39.5 Å². The van der Waals surface area contributed by atoms with Gasteiger partial charge >= 0.3 is 5.97 Å². The van der Waals surface area contributed by atoms with Gasteiger partial charge < -0.3 is 9.16 Å². The quantitative estimate of drug-likeness (QED) is 0.434. The molecule has 0 saturated carbocycles. The average molecular weight is 244 g/mol. The van der Waals surface area contributed by atoms with E-state index in [4.69, 9.17) is 4.43 Å². The number of hydrogen-bond donors (Lipinski definition) is 0. The summed E-state index contributed by atoms with van der Waals surface area (Å²) in [6, 6.07) is 1.42. The fourth-order valence-corrected chi connectivity index (χ4v) is 2.46. The molecule has 0 aromatic rings. The van der Waals surface area contributed by atoms with Gasteiger partial charge in [-0.2, -0.15) is 0 Å². The van der Waals surface area contributed by atoms with Crippen molar-refractivity contribution >= 4 is 15.7 Å². The summed E-state index contributed by atoms with van der Waals surface area (Å²) in [6.45, 7) is 4.90. The van der Waals surface area contributed by atoms with Crippen molar-refractivity contribution in [1.29, 1.82) is 0 Å². The number of unbranched alkanes of at least 4 members (excludes halogenated alkanes) is 1. The fraction of sp³-hybridized carbons (Fsp3) is 0.750. The summed E-state index contributed by atoms with van der Waals surface area (Å²) in [6.07, 6.45) is 6.65. The second kappa shape index (κ2) is 10.9. The molecule has 0 aromatic carbocycles. The Morgan fingerprint density at radius 2 is 2.25 bits per heavy atom. The minimum Gasteiger partial charge on any atom is -0.466 e. The Bertz CT molecular complexity index is 199. The zero-order chi connectivity index (χ0) is 12.2. The minimum absolute atomic E-state index is 0.00849.